The van der Waals surface area contributed by atoms with Crippen molar-refractivity contribution in [1.82, 2.24) is 0 Å². The van der Waals surface area contributed by atoms with E-state index in [-0.39, 0.29) is 5.54 Å². The van der Waals surface area contributed by atoms with Crippen molar-refractivity contribution in [3.63, 3.8) is 0 Å². The molecule has 1 nitrogen and oxygen atoms in total. The Morgan fingerprint density at radius 2 is 1.38 bits per heavy atom. The minimum atomic E-state index is -0.233. The van der Waals surface area contributed by atoms with E-state index in [0.717, 1.165) is 6.42 Å². The lowest BCUT2D eigenvalue weighted by atomic mass is 9.69. The molecule has 0 heterocycles. The summed E-state index contributed by atoms with van der Waals surface area (Å²) in [5.74, 6) is 0.592. The van der Waals surface area contributed by atoms with Gasteiger partial charge in [-0.2, -0.15) is 0 Å². The predicted molar refractivity (Wildman–Crippen MR) is 89.0 cm³/mol. The summed E-state index contributed by atoms with van der Waals surface area (Å²) in [5, 5.41) is 0. The highest BCUT2D eigenvalue weighted by Gasteiger charge is 2.37. The molecule has 1 atom stereocenters. The fourth-order valence-electron chi connectivity index (χ4n) is 3.78. The molecule has 0 amide bonds. The van der Waals surface area contributed by atoms with Crippen LogP contribution in [-0.4, -0.2) is 0 Å². The Morgan fingerprint density at radius 1 is 0.810 bits per heavy atom. The van der Waals surface area contributed by atoms with Gasteiger partial charge in [0, 0.05) is 5.54 Å². The third-order valence-electron chi connectivity index (χ3n) is 4.98. The molecule has 0 radical (unpaired) electrons. The third-order valence-corrected chi connectivity index (χ3v) is 4.98. The predicted octanol–water partition coefficient (Wildman–Crippen LogP) is 4.66. The summed E-state index contributed by atoms with van der Waals surface area (Å²) in [4.78, 5) is 0. The largest absolute Gasteiger partial charge is 0.321 e. The van der Waals surface area contributed by atoms with Gasteiger partial charge in [-0.15, -0.1) is 0 Å². The average molecular weight is 279 g/mol. The van der Waals surface area contributed by atoms with Crippen molar-refractivity contribution in [3.8, 4) is 0 Å². The van der Waals surface area contributed by atoms with Gasteiger partial charge in [0.15, 0.2) is 0 Å². The van der Waals surface area contributed by atoms with Crippen LogP contribution in [0.15, 0.2) is 60.7 Å². The second-order valence-corrected chi connectivity index (χ2v) is 6.40. The summed E-state index contributed by atoms with van der Waals surface area (Å²) in [7, 11) is 0. The van der Waals surface area contributed by atoms with E-state index in [0.29, 0.717) is 5.92 Å². The van der Waals surface area contributed by atoms with Crippen molar-refractivity contribution in [2.24, 2.45) is 11.7 Å². The number of hydrogen-bond acceptors (Lipinski definition) is 1. The smallest absolute Gasteiger partial charge is 0.0478 e. The first-order valence-corrected chi connectivity index (χ1v) is 8.17. The van der Waals surface area contributed by atoms with E-state index in [9.17, 15) is 0 Å². The molecule has 1 unspecified atom stereocenters. The third kappa shape index (κ3) is 3.19. The highest BCUT2D eigenvalue weighted by atomic mass is 14.8. The maximum Gasteiger partial charge on any atom is 0.0478 e. The molecule has 0 bridgehead atoms. The molecule has 1 aliphatic carbocycles. The zero-order valence-electron chi connectivity index (χ0n) is 12.7. The Hall–Kier alpha value is -1.60. The van der Waals surface area contributed by atoms with E-state index in [1.807, 2.05) is 0 Å². The SMILES string of the molecule is NC(Cc1ccccc1)(c1ccccc1)C1CCCCC1. The first kappa shape index (κ1) is 14.3. The molecule has 0 aliphatic heterocycles. The normalized spacial score (nSPS) is 19.1. The molecule has 1 fully saturated rings. The molecule has 3 rings (SSSR count). The van der Waals surface area contributed by atoms with Gasteiger partial charge < -0.3 is 5.73 Å². The summed E-state index contributed by atoms with van der Waals surface area (Å²) < 4.78 is 0. The van der Waals surface area contributed by atoms with E-state index in [1.165, 1.54) is 43.2 Å². The van der Waals surface area contributed by atoms with Crippen LogP contribution in [0.2, 0.25) is 0 Å². The van der Waals surface area contributed by atoms with Crippen LogP contribution in [-0.2, 0) is 12.0 Å². The molecule has 0 spiro atoms. The molecule has 21 heavy (non-hydrogen) atoms. The van der Waals surface area contributed by atoms with Crippen molar-refractivity contribution in [1.29, 1.82) is 0 Å². The van der Waals surface area contributed by atoms with Crippen molar-refractivity contribution in [2.45, 2.75) is 44.1 Å². The Kier molecular flexibility index (Phi) is 4.40. The van der Waals surface area contributed by atoms with E-state index in [4.69, 9.17) is 5.73 Å². The summed E-state index contributed by atoms with van der Waals surface area (Å²) in [5.41, 5.74) is 9.43. The average Bonchev–Trinajstić information content (AvgIpc) is 2.57. The Balaban J connectivity index is 1.94. The number of hydrogen-bond donors (Lipinski definition) is 1. The molecule has 0 aromatic heterocycles. The monoisotopic (exact) mass is 279 g/mol. The molecule has 2 aromatic rings. The van der Waals surface area contributed by atoms with Crippen LogP contribution in [0.4, 0.5) is 0 Å². The zero-order valence-corrected chi connectivity index (χ0v) is 12.7. The lowest BCUT2D eigenvalue weighted by molar-refractivity contribution is 0.204. The summed E-state index contributed by atoms with van der Waals surface area (Å²) in [6.07, 6.45) is 7.47. The van der Waals surface area contributed by atoms with Gasteiger partial charge in [-0.05, 0) is 36.3 Å². The van der Waals surface area contributed by atoms with E-state index >= 15 is 0 Å². The fourth-order valence-corrected chi connectivity index (χ4v) is 3.78. The highest BCUT2D eigenvalue weighted by Crippen LogP contribution is 2.39. The molecular weight excluding hydrogens is 254 g/mol. The van der Waals surface area contributed by atoms with Crippen molar-refractivity contribution in [2.75, 3.05) is 0 Å². The molecule has 1 saturated carbocycles. The quantitative estimate of drug-likeness (QED) is 0.865. The van der Waals surface area contributed by atoms with Gasteiger partial charge in [0.25, 0.3) is 0 Å². The second-order valence-electron chi connectivity index (χ2n) is 6.40. The van der Waals surface area contributed by atoms with Crippen LogP contribution in [0.1, 0.15) is 43.2 Å². The van der Waals surface area contributed by atoms with E-state index < -0.39 is 0 Å². The number of nitrogens with two attached hydrogens (primary N) is 1. The lowest BCUT2D eigenvalue weighted by Gasteiger charge is -2.40. The van der Waals surface area contributed by atoms with Crippen molar-refractivity contribution in [3.05, 3.63) is 71.8 Å². The fraction of sp³-hybridized carbons (Fsp3) is 0.400. The molecule has 110 valence electrons. The molecule has 2 aromatic carbocycles. The maximum atomic E-state index is 7.03. The molecule has 1 aliphatic rings. The summed E-state index contributed by atoms with van der Waals surface area (Å²) in [6, 6.07) is 21.4. The Morgan fingerprint density at radius 3 is 2.00 bits per heavy atom. The standard InChI is InChI=1S/C20H25N/c21-20(18-12-6-2-7-13-18,19-14-8-3-9-15-19)16-17-10-4-1-5-11-17/h1-2,4-7,10-13,19H,3,8-9,14-16,21H2. The van der Waals surface area contributed by atoms with Gasteiger partial charge in [0.05, 0.1) is 0 Å². The second kappa shape index (κ2) is 6.44. The van der Waals surface area contributed by atoms with E-state index in [2.05, 4.69) is 60.7 Å². The summed E-state index contributed by atoms with van der Waals surface area (Å²) in [6.45, 7) is 0. The minimum Gasteiger partial charge on any atom is -0.321 e. The zero-order chi connectivity index (χ0) is 14.5. The van der Waals surface area contributed by atoms with Gasteiger partial charge in [0.2, 0.25) is 0 Å². The Bertz CT molecular complexity index is 543. The molecule has 2 N–H and O–H groups in total. The van der Waals surface area contributed by atoms with Crippen LogP contribution in [0.5, 0.6) is 0 Å². The van der Waals surface area contributed by atoms with Gasteiger partial charge in [-0.3, -0.25) is 0 Å². The highest BCUT2D eigenvalue weighted by molar-refractivity contribution is 5.29. The first-order chi connectivity index (χ1) is 10.3. The van der Waals surface area contributed by atoms with E-state index in [1.54, 1.807) is 0 Å². The maximum absolute atomic E-state index is 7.03. The van der Waals surface area contributed by atoms with Crippen LogP contribution in [0.3, 0.4) is 0 Å². The van der Waals surface area contributed by atoms with Gasteiger partial charge in [-0.25, -0.2) is 0 Å². The van der Waals surface area contributed by atoms with Gasteiger partial charge >= 0.3 is 0 Å². The summed E-state index contributed by atoms with van der Waals surface area (Å²) >= 11 is 0. The Labute approximate surface area is 128 Å². The number of benzene rings is 2. The van der Waals surface area contributed by atoms with Crippen LogP contribution < -0.4 is 5.73 Å². The minimum absolute atomic E-state index is 0.233. The molecule has 0 saturated heterocycles. The van der Waals surface area contributed by atoms with Crippen LogP contribution in [0, 0.1) is 5.92 Å². The van der Waals surface area contributed by atoms with Gasteiger partial charge in [-0.1, -0.05) is 79.9 Å². The number of rotatable bonds is 4. The lowest BCUT2D eigenvalue weighted by Crippen LogP contribution is -2.47. The van der Waals surface area contributed by atoms with Crippen LogP contribution >= 0.6 is 0 Å². The topological polar surface area (TPSA) is 26.0 Å². The molecule has 1 heteroatoms. The van der Waals surface area contributed by atoms with Gasteiger partial charge in [0.1, 0.15) is 0 Å². The first-order valence-electron chi connectivity index (χ1n) is 8.17. The van der Waals surface area contributed by atoms with Crippen molar-refractivity contribution >= 4 is 0 Å². The van der Waals surface area contributed by atoms with Crippen LogP contribution in [0.25, 0.3) is 0 Å². The van der Waals surface area contributed by atoms with Crippen molar-refractivity contribution < 1.29 is 0 Å². The molecular formula is C20H25N.